The molecule has 1 amide bonds. The molecular weight excluding hydrogens is 224 g/mol. The number of amides is 1. The number of aromatic nitrogens is 3. The number of ether oxygens (including phenoxy) is 1. The molecule has 0 aliphatic rings. The predicted octanol–water partition coefficient (Wildman–Crippen LogP) is -0.325. The van der Waals surface area contributed by atoms with Crippen molar-refractivity contribution in [1.29, 1.82) is 0 Å². The zero-order valence-corrected chi connectivity index (χ0v) is 9.77. The van der Waals surface area contributed by atoms with E-state index in [1.807, 2.05) is 0 Å². The van der Waals surface area contributed by atoms with Gasteiger partial charge in [-0.3, -0.25) is 4.79 Å². The number of likely N-dealkylation sites (N-methyl/N-ethyl adjacent to an activating group) is 1. The van der Waals surface area contributed by atoms with Crippen LogP contribution in [0.5, 0.6) is 0 Å². The molecule has 1 aromatic heterocycles. The number of carbonyl (C=O) groups is 2. The van der Waals surface area contributed by atoms with Crippen molar-refractivity contribution in [2.45, 2.75) is 13.5 Å². The van der Waals surface area contributed by atoms with E-state index in [1.165, 1.54) is 17.8 Å². The van der Waals surface area contributed by atoms with Gasteiger partial charge in [-0.2, -0.15) is 0 Å². The fourth-order valence-electron chi connectivity index (χ4n) is 1.12. The number of nitrogens with zero attached hydrogens (tertiary/aromatic N) is 3. The maximum absolute atomic E-state index is 11.5. The van der Waals surface area contributed by atoms with Crippen molar-refractivity contribution in [3.8, 4) is 0 Å². The first kappa shape index (κ1) is 12.9. The Bertz CT molecular complexity index is 439. The van der Waals surface area contributed by atoms with Crippen molar-refractivity contribution in [1.82, 2.24) is 20.3 Å². The van der Waals surface area contributed by atoms with E-state index in [-0.39, 0.29) is 24.8 Å². The third-order valence-corrected chi connectivity index (χ3v) is 2.08. The van der Waals surface area contributed by atoms with Crippen LogP contribution in [0.15, 0.2) is 12.7 Å². The monoisotopic (exact) mass is 238 g/mol. The fraction of sp³-hybridized carbons (Fsp3) is 0.400. The highest BCUT2D eigenvalue weighted by Gasteiger charge is 2.18. The summed E-state index contributed by atoms with van der Waals surface area (Å²) in [6, 6.07) is 0. The number of nitrogens with one attached hydrogen (secondary N) is 1. The summed E-state index contributed by atoms with van der Waals surface area (Å²) in [5.74, 6) is -0.797. The van der Waals surface area contributed by atoms with Gasteiger partial charge in [0.15, 0.2) is 5.69 Å². The van der Waals surface area contributed by atoms with E-state index in [2.05, 4.69) is 22.2 Å². The summed E-state index contributed by atoms with van der Waals surface area (Å²) in [5, 5.41) is 9.85. The first-order chi connectivity index (χ1) is 8.10. The average molecular weight is 238 g/mol. The molecule has 1 N–H and O–H groups in total. The molecule has 0 radical (unpaired) electrons. The fourth-order valence-corrected chi connectivity index (χ4v) is 1.12. The van der Waals surface area contributed by atoms with Crippen molar-refractivity contribution in [3.63, 3.8) is 0 Å². The lowest BCUT2D eigenvalue weighted by Gasteiger charge is -2.02. The van der Waals surface area contributed by atoms with Gasteiger partial charge in [0.2, 0.25) is 5.91 Å². The Morgan fingerprint density at radius 2 is 2.29 bits per heavy atom. The molecule has 0 unspecified atom stereocenters. The summed E-state index contributed by atoms with van der Waals surface area (Å²) in [4.78, 5) is 22.7. The van der Waals surface area contributed by atoms with Gasteiger partial charge >= 0.3 is 5.97 Å². The van der Waals surface area contributed by atoms with Crippen LogP contribution in [0.2, 0.25) is 0 Å². The van der Waals surface area contributed by atoms with Gasteiger partial charge in [0.25, 0.3) is 0 Å². The van der Waals surface area contributed by atoms with Crippen molar-refractivity contribution in [2.24, 2.45) is 0 Å². The summed E-state index contributed by atoms with van der Waals surface area (Å²) in [7, 11) is 1.52. The van der Waals surface area contributed by atoms with E-state index in [4.69, 9.17) is 4.74 Å². The second-order valence-corrected chi connectivity index (χ2v) is 3.24. The van der Waals surface area contributed by atoms with Crippen molar-refractivity contribution >= 4 is 11.9 Å². The lowest BCUT2D eigenvalue weighted by atomic mass is 10.3. The molecule has 1 aromatic rings. The molecule has 0 fully saturated rings. The summed E-state index contributed by atoms with van der Waals surface area (Å²) in [5.41, 5.74) is 0.596. The Balaban J connectivity index is 2.79. The minimum atomic E-state index is -0.578. The van der Waals surface area contributed by atoms with Crippen LogP contribution in [-0.4, -0.2) is 40.5 Å². The maximum Gasteiger partial charge on any atom is 0.361 e. The van der Waals surface area contributed by atoms with E-state index in [1.54, 1.807) is 6.92 Å². The van der Waals surface area contributed by atoms with Gasteiger partial charge in [-0.15, -0.1) is 5.10 Å². The Morgan fingerprint density at radius 3 is 2.88 bits per heavy atom. The molecule has 0 aliphatic heterocycles. The minimum absolute atomic E-state index is 0.0179. The van der Waals surface area contributed by atoms with E-state index < -0.39 is 5.97 Å². The normalized spacial score (nSPS) is 9.76. The van der Waals surface area contributed by atoms with Gasteiger partial charge in [-0.1, -0.05) is 17.9 Å². The lowest BCUT2D eigenvalue weighted by Crippen LogP contribution is -2.24. The molecule has 0 saturated heterocycles. The Labute approximate surface area is 98.4 Å². The molecule has 0 atom stereocenters. The van der Waals surface area contributed by atoms with Crippen LogP contribution in [0.1, 0.15) is 16.2 Å². The third kappa shape index (κ3) is 3.13. The van der Waals surface area contributed by atoms with Crippen LogP contribution in [0.3, 0.4) is 0 Å². The van der Waals surface area contributed by atoms with Crippen LogP contribution < -0.4 is 5.32 Å². The highest BCUT2D eigenvalue weighted by Crippen LogP contribution is 2.05. The third-order valence-electron chi connectivity index (χ3n) is 2.08. The van der Waals surface area contributed by atoms with Crippen LogP contribution in [0, 0.1) is 6.92 Å². The second-order valence-electron chi connectivity index (χ2n) is 3.24. The number of hydrogen-bond donors (Lipinski definition) is 1. The Morgan fingerprint density at radius 1 is 1.59 bits per heavy atom. The van der Waals surface area contributed by atoms with Crippen LogP contribution in [0.25, 0.3) is 0 Å². The van der Waals surface area contributed by atoms with Crippen molar-refractivity contribution in [3.05, 3.63) is 24.0 Å². The smallest absolute Gasteiger partial charge is 0.361 e. The molecule has 1 rings (SSSR count). The van der Waals surface area contributed by atoms with E-state index in [9.17, 15) is 9.59 Å². The van der Waals surface area contributed by atoms with E-state index in [0.717, 1.165) is 0 Å². The molecule has 7 nitrogen and oxygen atoms in total. The predicted molar refractivity (Wildman–Crippen MR) is 59.3 cm³/mol. The Kier molecular flexibility index (Phi) is 4.38. The summed E-state index contributed by atoms with van der Waals surface area (Å²) in [6.45, 7) is 5.21. The van der Waals surface area contributed by atoms with Crippen LogP contribution in [0.4, 0.5) is 0 Å². The maximum atomic E-state index is 11.5. The molecule has 7 heteroatoms. The quantitative estimate of drug-likeness (QED) is 0.561. The summed E-state index contributed by atoms with van der Waals surface area (Å²) >= 11 is 0. The van der Waals surface area contributed by atoms with Crippen LogP contribution >= 0.6 is 0 Å². The molecule has 0 aliphatic carbocycles. The number of hydrogen-bond acceptors (Lipinski definition) is 5. The summed E-state index contributed by atoms with van der Waals surface area (Å²) < 4.78 is 6.17. The van der Waals surface area contributed by atoms with E-state index in [0.29, 0.717) is 5.69 Å². The lowest BCUT2D eigenvalue weighted by molar-refractivity contribution is -0.121. The van der Waals surface area contributed by atoms with Gasteiger partial charge in [0.05, 0.1) is 5.69 Å². The first-order valence-corrected chi connectivity index (χ1v) is 4.98. The molecule has 0 saturated carbocycles. The molecule has 1 heterocycles. The molecule has 92 valence electrons. The molecule has 0 aromatic carbocycles. The van der Waals surface area contributed by atoms with Gasteiger partial charge in [0.1, 0.15) is 13.2 Å². The van der Waals surface area contributed by atoms with Crippen molar-refractivity contribution in [2.75, 3.05) is 13.7 Å². The first-order valence-electron chi connectivity index (χ1n) is 4.98. The van der Waals surface area contributed by atoms with Gasteiger partial charge in [0, 0.05) is 7.05 Å². The molecular formula is C10H14N4O3. The highest BCUT2D eigenvalue weighted by molar-refractivity contribution is 5.88. The SMILES string of the molecule is C=CCOC(=O)c1nnn(CC(=O)NC)c1C. The molecule has 0 spiro atoms. The van der Waals surface area contributed by atoms with Crippen molar-refractivity contribution < 1.29 is 14.3 Å². The van der Waals surface area contributed by atoms with E-state index >= 15 is 0 Å². The number of rotatable bonds is 5. The Hall–Kier alpha value is -2.18. The second kappa shape index (κ2) is 5.78. The molecule has 17 heavy (non-hydrogen) atoms. The largest absolute Gasteiger partial charge is 0.457 e. The minimum Gasteiger partial charge on any atom is -0.457 e. The van der Waals surface area contributed by atoms with Gasteiger partial charge < -0.3 is 10.1 Å². The zero-order chi connectivity index (χ0) is 12.8. The zero-order valence-electron chi connectivity index (χ0n) is 9.77. The topological polar surface area (TPSA) is 86.1 Å². The number of carbonyl (C=O) groups excluding carboxylic acids is 2. The average Bonchev–Trinajstić information content (AvgIpc) is 2.68. The van der Waals surface area contributed by atoms with Gasteiger partial charge in [-0.25, -0.2) is 9.48 Å². The highest BCUT2D eigenvalue weighted by atomic mass is 16.5. The number of esters is 1. The molecule has 0 bridgehead atoms. The van der Waals surface area contributed by atoms with Crippen LogP contribution in [-0.2, 0) is 16.1 Å². The summed E-state index contributed by atoms with van der Waals surface area (Å²) in [6.07, 6.45) is 1.46. The van der Waals surface area contributed by atoms with Gasteiger partial charge in [-0.05, 0) is 6.92 Å². The standard InChI is InChI=1S/C10H14N4O3/c1-4-5-17-10(16)9-7(2)14(13-12-9)6-8(15)11-3/h4H,1,5-6H2,2-3H3,(H,11,15).